The summed E-state index contributed by atoms with van der Waals surface area (Å²) in [6.45, 7) is 1.82. The monoisotopic (exact) mass is 202 g/mol. The van der Waals surface area contributed by atoms with Gasteiger partial charge in [0.15, 0.2) is 0 Å². The molecule has 0 saturated heterocycles. The molecule has 0 aromatic heterocycles. The summed E-state index contributed by atoms with van der Waals surface area (Å²) in [5.41, 5.74) is 4.87. The van der Waals surface area contributed by atoms with E-state index >= 15 is 0 Å². The van der Waals surface area contributed by atoms with E-state index in [2.05, 4.69) is 5.32 Å². The second-order valence-corrected chi connectivity index (χ2v) is 3.01. The highest BCUT2D eigenvalue weighted by molar-refractivity contribution is 6.44. The van der Waals surface area contributed by atoms with Crippen LogP contribution >= 0.6 is 0 Å². The molecule has 0 unspecified atom stereocenters. The Bertz CT molecular complexity index is 210. The van der Waals surface area contributed by atoms with Crippen LogP contribution in [0.1, 0.15) is 26.2 Å². The molecule has 14 heavy (non-hydrogen) atoms. The molecule has 0 aliphatic rings. The highest BCUT2D eigenvalue weighted by Gasteiger charge is 2.26. The summed E-state index contributed by atoms with van der Waals surface area (Å²) in [7, 11) is -1.77. The van der Waals surface area contributed by atoms with E-state index in [-0.39, 0.29) is 18.7 Å². The fourth-order valence-corrected chi connectivity index (χ4v) is 0.954. The molecule has 6 nitrogen and oxygen atoms in total. The Labute approximate surface area is 82.6 Å². The van der Waals surface area contributed by atoms with Crippen LogP contribution in [-0.2, 0) is 9.59 Å². The third-order valence-corrected chi connectivity index (χ3v) is 1.60. The van der Waals surface area contributed by atoms with E-state index in [1.807, 2.05) is 6.92 Å². The van der Waals surface area contributed by atoms with Gasteiger partial charge in [-0.1, -0.05) is 6.92 Å². The van der Waals surface area contributed by atoms with Gasteiger partial charge >= 0.3 is 7.12 Å². The number of rotatable bonds is 6. The molecule has 0 saturated carbocycles. The van der Waals surface area contributed by atoms with Gasteiger partial charge in [-0.2, -0.15) is 0 Å². The first-order chi connectivity index (χ1) is 6.47. The third kappa shape index (κ3) is 5.55. The Kier molecular flexibility index (Phi) is 5.90. The van der Waals surface area contributed by atoms with Crippen LogP contribution in [0.3, 0.4) is 0 Å². The highest BCUT2D eigenvalue weighted by atomic mass is 16.4. The van der Waals surface area contributed by atoms with E-state index < -0.39 is 19.0 Å². The van der Waals surface area contributed by atoms with Gasteiger partial charge in [-0.3, -0.25) is 9.59 Å². The van der Waals surface area contributed by atoms with Gasteiger partial charge in [0.25, 0.3) is 0 Å². The van der Waals surface area contributed by atoms with Crippen molar-refractivity contribution in [2.24, 2.45) is 5.73 Å². The summed E-state index contributed by atoms with van der Waals surface area (Å²) in [6, 6.07) is 0. The molecule has 7 heteroatoms. The lowest BCUT2D eigenvalue weighted by Crippen LogP contribution is -2.48. The standard InChI is InChI=1S/C7H15BN2O4/c1-2-3-7(12)10-5(8(13)14)4-6(9)11/h5,13-14H,2-4H2,1H3,(H2,9,11)(H,10,12)/t5-/m0/s1. The van der Waals surface area contributed by atoms with Crippen molar-refractivity contribution in [3.63, 3.8) is 0 Å². The minimum absolute atomic E-state index is 0.280. The number of nitrogens with two attached hydrogens (primary N) is 1. The fraction of sp³-hybridized carbons (Fsp3) is 0.714. The number of amides is 2. The van der Waals surface area contributed by atoms with Gasteiger partial charge in [0.2, 0.25) is 11.8 Å². The maximum atomic E-state index is 11.1. The highest BCUT2D eigenvalue weighted by Crippen LogP contribution is 1.95. The molecular formula is C7H15BN2O4. The minimum Gasteiger partial charge on any atom is -0.426 e. The zero-order valence-corrected chi connectivity index (χ0v) is 8.06. The molecule has 0 heterocycles. The molecule has 0 fully saturated rings. The molecule has 0 aliphatic heterocycles. The molecule has 0 bridgehead atoms. The quantitative estimate of drug-likeness (QED) is 0.379. The second kappa shape index (κ2) is 6.39. The van der Waals surface area contributed by atoms with E-state index in [1.54, 1.807) is 0 Å². The van der Waals surface area contributed by atoms with Crippen LogP contribution in [0.4, 0.5) is 0 Å². The number of primary amides is 1. The number of carbonyl (C=O) groups excluding carboxylic acids is 2. The smallest absolute Gasteiger partial charge is 0.426 e. The molecule has 0 aromatic rings. The molecule has 5 N–H and O–H groups in total. The predicted octanol–water partition coefficient (Wildman–Crippen LogP) is -1.84. The van der Waals surface area contributed by atoms with Crippen molar-refractivity contribution in [1.82, 2.24) is 5.32 Å². The predicted molar refractivity (Wildman–Crippen MR) is 50.8 cm³/mol. The minimum atomic E-state index is -1.77. The lowest BCUT2D eigenvalue weighted by atomic mass is 9.77. The Hall–Kier alpha value is -1.08. The Balaban J connectivity index is 4.09. The van der Waals surface area contributed by atoms with E-state index in [9.17, 15) is 9.59 Å². The van der Waals surface area contributed by atoms with Gasteiger partial charge in [0.05, 0.1) is 5.94 Å². The fourth-order valence-electron chi connectivity index (χ4n) is 0.954. The SMILES string of the molecule is CCCC(=O)N[C@@H](CC(N)=O)B(O)O. The molecule has 80 valence electrons. The maximum absolute atomic E-state index is 11.1. The van der Waals surface area contributed by atoms with E-state index in [0.717, 1.165) is 0 Å². The van der Waals surface area contributed by atoms with Crippen LogP contribution in [0.2, 0.25) is 0 Å². The molecule has 1 atom stereocenters. The van der Waals surface area contributed by atoms with Gasteiger partial charge in [-0.25, -0.2) is 0 Å². The van der Waals surface area contributed by atoms with E-state index in [1.165, 1.54) is 0 Å². The van der Waals surface area contributed by atoms with Crippen molar-refractivity contribution in [2.75, 3.05) is 0 Å². The first-order valence-electron chi connectivity index (χ1n) is 4.41. The normalized spacial score (nSPS) is 11.9. The summed E-state index contributed by atoms with van der Waals surface area (Å²) >= 11 is 0. The second-order valence-electron chi connectivity index (χ2n) is 3.01. The molecule has 0 aliphatic carbocycles. The number of hydrogen-bond donors (Lipinski definition) is 4. The van der Waals surface area contributed by atoms with Crippen molar-refractivity contribution in [3.05, 3.63) is 0 Å². The Morgan fingerprint density at radius 3 is 2.43 bits per heavy atom. The van der Waals surface area contributed by atoms with Crippen molar-refractivity contribution >= 4 is 18.9 Å². The summed E-state index contributed by atoms with van der Waals surface area (Å²) in [5, 5.41) is 19.9. The number of hydrogen-bond acceptors (Lipinski definition) is 4. The van der Waals surface area contributed by atoms with Crippen LogP contribution in [0.25, 0.3) is 0 Å². The maximum Gasteiger partial charge on any atom is 0.475 e. The van der Waals surface area contributed by atoms with Gasteiger partial charge < -0.3 is 21.1 Å². The van der Waals surface area contributed by atoms with Crippen LogP contribution in [0.5, 0.6) is 0 Å². The van der Waals surface area contributed by atoms with Gasteiger partial charge in [-0.15, -0.1) is 0 Å². The molecular weight excluding hydrogens is 187 g/mol. The van der Waals surface area contributed by atoms with Gasteiger partial charge in [0.1, 0.15) is 0 Å². The lowest BCUT2D eigenvalue weighted by molar-refractivity contribution is -0.122. The average Bonchev–Trinajstić information content (AvgIpc) is 2.02. The Morgan fingerprint density at radius 2 is 2.07 bits per heavy atom. The van der Waals surface area contributed by atoms with Gasteiger partial charge in [-0.05, 0) is 6.42 Å². The van der Waals surface area contributed by atoms with Crippen molar-refractivity contribution in [2.45, 2.75) is 32.1 Å². The summed E-state index contributed by atoms with van der Waals surface area (Å²) in [6.07, 6.45) is 0.645. The zero-order chi connectivity index (χ0) is 11.1. The van der Waals surface area contributed by atoms with Crippen molar-refractivity contribution < 1.29 is 19.6 Å². The van der Waals surface area contributed by atoms with E-state index in [4.69, 9.17) is 15.8 Å². The molecule has 0 radical (unpaired) electrons. The van der Waals surface area contributed by atoms with Crippen LogP contribution < -0.4 is 11.1 Å². The van der Waals surface area contributed by atoms with E-state index in [0.29, 0.717) is 6.42 Å². The molecule has 0 spiro atoms. The van der Waals surface area contributed by atoms with Crippen molar-refractivity contribution in [1.29, 1.82) is 0 Å². The lowest BCUT2D eigenvalue weighted by Gasteiger charge is -2.15. The first-order valence-corrected chi connectivity index (χ1v) is 4.41. The van der Waals surface area contributed by atoms with Crippen molar-refractivity contribution in [3.8, 4) is 0 Å². The third-order valence-electron chi connectivity index (χ3n) is 1.60. The summed E-state index contributed by atoms with van der Waals surface area (Å²) in [4.78, 5) is 21.6. The largest absolute Gasteiger partial charge is 0.475 e. The summed E-state index contributed by atoms with van der Waals surface area (Å²) in [5.74, 6) is -2.04. The molecule has 0 rings (SSSR count). The van der Waals surface area contributed by atoms with Gasteiger partial charge in [0, 0.05) is 12.8 Å². The summed E-state index contributed by atoms with van der Waals surface area (Å²) < 4.78 is 0. The Morgan fingerprint density at radius 1 is 1.50 bits per heavy atom. The average molecular weight is 202 g/mol. The molecule has 0 aromatic carbocycles. The van der Waals surface area contributed by atoms with Crippen LogP contribution in [0, 0.1) is 0 Å². The number of carbonyl (C=O) groups is 2. The van der Waals surface area contributed by atoms with Crippen LogP contribution in [0.15, 0.2) is 0 Å². The zero-order valence-electron chi connectivity index (χ0n) is 8.06. The topological polar surface area (TPSA) is 113 Å². The molecule has 2 amide bonds. The van der Waals surface area contributed by atoms with Crippen LogP contribution in [-0.4, -0.2) is 34.9 Å². The first kappa shape index (κ1) is 12.9. The number of nitrogens with one attached hydrogen (secondary N) is 1.